The molecule has 0 aliphatic rings. The van der Waals surface area contributed by atoms with Gasteiger partial charge in [-0.3, -0.25) is 4.79 Å². The third kappa shape index (κ3) is 2.37. The SMILES string of the molecule is O=Cc1c(N=Nc2ccccc2C(=O)O)[nH]c2ccccc12. The lowest BCUT2D eigenvalue weighted by Gasteiger charge is -1.98. The standard InChI is InChI=1S/C16H11N3O3/c20-9-12-10-5-1-3-7-13(10)17-15(12)19-18-14-8-4-2-6-11(14)16(21)22/h1-9,17H,(H,21,22). The number of para-hydroxylation sites is 1. The number of aromatic nitrogens is 1. The van der Waals surface area contributed by atoms with Crippen molar-refractivity contribution in [1.82, 2.24) is 4.98 Å². The van der Waals surface area contributed by atoms with E-state index in [9.17, 15) is 9.59 Å². The van der Waals surface area contributed by atoms with Crippen molar-refractivity contribution >= 4 is 34.7 Å². The van der Waals surface area contributed by atoms with Crippen molar-refractivity contribution in [2.75, 3.05) is 0 Å². The molecule has 0 amide bonds. The largest absolute Gasteiger partial charge is 0.478 e. The Hall–Kier alpha value is -3.28. The number of carbonyl (C=O) groups excluding carboxylic acids is 1. The van der Waals surface area contributed by atoms with Gasteiger partial charge in [0, 0.05) is 10.9 Å². The molecule has 22 heavy (non-hydrogen) atoms. The Labute approximate surface area is 125 Å². The van der Waals surface area contributed by atoms with E-state index in [0.29, 0.717) is 17.7 Å². The van der Waals surface area contributed by atoms with Crippen LogP contribution < -0.4 is 0 Å². The maximum absolute atomic E-state index is 11.3. The van der Waals surface area contributed by atoms with Crippen molar-refractivity contribution in [3.05, 3.63) is 59.7 Å². The van der Waals surface area contributed by atoms with Crippen molar-refractivity contribution in [3.8, 4) is 0 Å². The number of aldehydes is 1. The fraction of sp³-hybridized carbons (Fsp3) is 0. The van der Waals surface area contributed by atoms with Gasteiger partial charge in [0.2, 0.25) is 0 Å². The average molecular weight is 293 g/mol. The molecule has 2 aromatic carbocycles. The molecule has 1 heterocycles. The summed E-state index contributed by atoms with van der Waals surface area (Å²) in [7, 11) is 0. The van der Waals surface area contributed by atoms with Gasteiger partial charge in [0.05, 0.1) is 11.1 Å². The van der Waals surface area contributed by atoms with Crippen LogP contribution in [-0.4, -0.2) is 22.3 Å². The third-order valence-corrected chi connectivity index (χ3v) is 3.24. The predicted molar refractivity (Wildman–Crippen MR) is 81.3 cm³/mol. The first-order valence-corrected chi connectivity index (χ1v) is 6.50. The fourth-order valence-electron chi connectivity index (χ4n) is 2.19. The first-order valence-electron chi connectivity index (χ1n) is 6.50. The molecule has 0 aliphatic heterocycles. The van der Waals surface area contributed by atoms with E-state index < -0.39 is 5.97 Å². The molecule has 3 aromatic rings. The second-order valence-electron chi connectivity index (χ2n) is 4.57. The van der Waals surface area contributed by atoms with Crippen LogP contribution in [0.25, 0.3) is 10.9 Å². The molecule has 0 saturated carbocycles. The minimum atomic E-state index is -1.08. The number of benzene rings is 2. The van der Waals surface area contributed by atoms with E-state index in [1.165, 1.54) is 6.07 Å². The van der Waals surface area contributed by atoms with Crippen molar-refractivity contribution in [2.24, 2.45) is 10.2 Å². The number of carboxylic acids is 1. The number of nitrogens with zero attached hydrogens (tertiary/aromatic N) is 2. The highest BCUT2D eigenvalue weighted by Gasteiger charge is 2.11. The lowest BCUT2D eigenvalue weighted by Crippen LogP contribution is -1.95. The topological polar surface area (TPSA) is 94.9 Å². The quantitative estimate of drug-likeness (QED) is 0.560. The first kappa shape index (κ1) is 13.7. The highest BCUT2D eigenvalue weighted by molar-refractivity contribution is 6.02. The Morgan fingerprint density at radius 2 is 1.77 bits per heavy atom. The molecule has 0 unspecified atom stereocenters. The van der Waals surface area contributed by atoms with Crippen LogP contribution in [0.15, 0.2) is 58.8 Å². The molecular weight excluding hydrogens is 282 g/mol. The number of fused-ring (bicyclic) bond motifs is 1. The summed E-state index contributed by atoms with van der Waals surface area (Å²) >= 11 is 0. The van der Waals surface area contributed by atoms with Gasteiger partial charge in [-0.05, 0) is 18.2 Å². The van der Waals surface area contributed by atoms with E-state index in [1.807, 2.05) is 18.2 Å². The van der Waals surface area contributed by atoms with Crippen LogP contribution in [0.1, 0.15) is 20.7 Å². The van der Waals surface area contributed by atoms with E-state index in [2.05, 4.69) is 15.2 Å². The van der Waals surface area contributed by atoms with Gasteiger partial charge in [0.15, 0.2) is 12.1 Å². The Morgan fingerprint density at radius 3 is 2.55 bits per heavy atom. The molecule has 6 heteroatoms. The molecule has 3 rings (SSSR count). The van der Waals surface area contributed by atoms with Gasteiger partial charge in [-0.2, -0.15) is 0 Å². The summed E-state index contributed by atoms with van der Waals surface area (Å²) in [5.74, 6) is -0.779. The summed E-state index contributed by atoms with van der Waals surface area (Å²) in [5.41, 5.74) is 1.44. The molecule has 0 saturated heterocycles. The van der Waals surface area contributed by atoms with Crippen LogP contribution >= 0.6 is 0 Å². The number of rotatable bonds is 4. The van der Waals surface area contributed by atoms with Crippen molar-refractivity contribution in [3.63, 3.8) is 0 Å². The third-order valence-electron chi connectivity index (χ3n) is 3.24. The van der Waals surface area contributed by atoms with E-state index in [-0.39, 0.29) is 11.3 Å². The molecule has 0 atom stereocenters. The minimum Gasteiger partial charge on any atom is -0.478 e. The van der Waals surface area contributed by atoms with Gasteiger partial charge < -0.3 is 10.1 Å². The molecule has 0 spiro atoms. The minimum absolute atomic E-state index is 0.0509. The highest BCUT2D eigenvalue weighted by Crippen LogP contribution is 2.29. The maximum Gasteiger partial charge on any atom is 0.337 e. The smallest absolute Gasteiger partial charge is 0.337 e. The van der Waals surface area contributed by atoms with Crippen molar-refractivity contribution < 1.29 is 14.7 Å². The Morgan fingerprint density at radius 1 is 1.05 bits per heavy atom. The van der Waals surface area contributed by atoms with Crippen LogP contribution in [0.3, 0.4) is 0 Å². The van der Waals surface area contributed by atoms with E-state index in [1.54, 1.807) is 24.3 Å². The van der Waals surface area contributed by atoms with Crippen molar-refractivity contribution in [1.29, 1.82) is 0 Å². The van der Waals surface area contributed by atoms with E-state index >= 15 is 0 Å². The first-order chi connectivity index (χ1) is 10.7. The normalized spacial score (nSPS) is 11.1. The Bertz CT molecular complexity index is 897. The van der Waals surface area contributed by atoms with Gasteiger partial charge in [0.1, 0.15) is 5.69 Å². The number of azo groups is 1. The Balaban J connectivity index is 2.07. The molecule has 2 N–H and O–H groups in total. The predicted octanol–water partition coefficient (Wildman–Crippen LogP) is 4.09. The lowest BCUT2D eigenvalue weighted by molar-refractivity contribution is 0.0697. The zero-order valence-corrected chi connectivity index (χ0v) is 11.4. The highest BCUT2D eigenvalue weighted by atomic mass is 16.4. The number of hydrogen-bond acceptors (Lipinski definition) is 4. The van der Waals surface area contributed by atoms with E-state index in [0.717, 1.165) is 10.9 Å². The summed E-state index contributed by atoms with van der Waals surface area (Å²) in [5, 5.41) is 17.8. The summed E-state index contributed by atoms with van der Waals surface area (Å²) in [6.07, 6.45) is 0.705. The number of nitrogens with one attached hydrogen (secondary N) is 1. The molecule has 108 valence electrons. The molecule has 0 bridgehead atoms. The van der Waals surface area contributed by atoms with Crippen LogP contribution in [0.5, 0.6) is 0 Å². The van der Waals surface area contributed by atoms with Crippen LogP contribution in [0, 0.1) is 0 Å². The molecule has 0 aliphatic carbocycles. The van der Waals surface area contributed by atoms with Crippen LogP contribution in [0.4, 0.5) is 11.5 Å². The van der Waals surface area contributed by atoms with Gasteiger partial charge >= 0.3 is 5.97 Å². The second kappa shape index (κ2) is 5.61. The molecule has 1 aromatic heterocycles. The maximum atomic E-state index is 11.3. The number of hydrogen-bond donors (Lipinski definition) is 2. The molecule has 0 fully saturated rings. The van der Waals surface area contributed by atoms with Crippen molar-refractivity contribution in [2.45, 2.75) is 0 Å². The number of aromatic carboxylic acids is 1. The number of carbonyl (C=O) groups is 2. The summed E-state index contributed by atoms with van der Waals surface area (Å²) in [6.45, 7) is 0. The fourth-order valence-corrected chi connectivity index (χ4v) is 2.19. The number of H-pyrrole nitrogens is 1. The summed E-state index contributed by atoms with van der Waals surface area (Å²) in [4.78, 5) is 25.4. The monoisotopic (exact) mass is 293 g/mol. The van der Waals surface area contributed by atoms with Crippen LogP contribution in [0.2, 0.25) is 0 Å². The Kier molecular flexibility index (Phi) is 3.49. The van der Waals surface area contributed by atoms with Gasteiger partial charge in [-0.15, -0.1) is 10.2 Å². The van der Waals surface area contributed by atoms with Gasteiger partial charge in [-0.25, -0.2) is 4.79 Å². The summed E-state index contributed by atoms with van der Waals surface area (Å²) in [6, 6.07) is 13.6. The second-order valence-corrected chi connectivity index (χ2v) is 4.57. The lowest BCUT2D eigenvalue weighted by atomic mass is 10.2. The van der Waals surface area contributed by atoms with Gasteiger partial charge in [0.25, 0.3) is 0 Å². The van der Waals surface area contributed by atoms with Crippen LogP contribution in [-0.2, 0) is 0 Å². The molecular formula is C16H11N3O3. The number of carboxylic acid groups (broad SMARTS) is 1. The zero-order valence-electron chi connectivity index (χ0n) is 11.4. The van der Waals surface area contributed by atoms with Gasteiger partial charge in [-0.1, -0.05) is 30.3 Å². The molecule has 0 radical (unpaired) electrons. The summed E-state index contributed by atoms with van der Waals surface area (Å²) < 4.78 is 0. The molecule has 6 nitrogen and oxygen atoms in total. The van der Waals surface area contributed by atoms with E-state index in [4.69, 9.17) is 5.11 Å². The average Bonchev–Trinajstić information content (AvgIpc) is 2.90. The number of aromatic amines is 1. The zero-order chi connectivity index (χ0) is 15.5.